The molecule has 1 aliphatic rings. The number of hydrogen-bond acceptors (Lipinski definition) is 9. The minimum Gasteiger partial charge on any atom is -0.474 e. The van der Waals surface area contributed by atoms with E-state index in [1.165, 1.54) is 33.6 Å². The third-order valence-corrected chi connectivity index (χ3v) is 4.74. The molecule has 0 aromatic carbocycles. The molecule has 4 rings (SSSR count). The van der Waals surface area contributed by atoms with Gasteiger partial charge in [-0.1, -0.05) is 6.07 Å². The van der Waals surface area contributed by atoms with E-state index in [-0.39, 0.29) is 24.3 Å². The van der Waals surface area contributed by atoms with Gasteiger partial charge in [-0.2, -0.15) is 0 Å². The quantitative estimate of drug-likeness (QED) is 0.484. The summed E-state index contributed by atoms with van der Waals surface area (Å²) in [5.41, 5.74) is 1.06. The highest BCUT2D eigenvalue weighted by Gasteiger charge is 2.06. The topological polar surface area (TPSA) is 120 Å². The van der Waals surface area contributed by atoms with Crippen molar-refractivity contribution in [1.82, 2.24) is 24.5 Å². The molecule has 0 amide bonds. The number of ether oxygens (including phenoxy) is 4. The molecule has 0 fully saturated rings. The highest BCUT2D eigenvalue weighted by Crippen LogP contribution is 2.06. The van der Waals surface area contributed by atoms with Crippen LogP contribution >= 0.6 is 0 Å². The third-order valence-electron chi connectivity index (χ3n) is 4.74. The van der Waals surface area contributed by atoms with E-state index >= 15 is 0 Å². The lowest BCUT2D eigenvalue weighted by molar-refractivity contribution is 0.0797. The van der Waals surface area contributed by atoms with Crippen LogP contribution in [-0.4, -0.2) is 51.0 Å². The van der Waals surface area contributed by atoms with Gasteiger partial charge in [0.25, 0.3) is 11.1 Å². The molecule has 3 aromatic heterocycles. The SMILES string of the molecule is O=c1ccc2nn1CCCn1nc(ccc1=O)OCCOCc1cccc(n1)COCCO2. The summed E-state index contributed by atoms with van der Waals surface area (Å²) in [6, 6.07) is 11.5. The van der Waals surface area contributed by atoms with Crippen LogP contribution in [0.25, 0.3) is 0 Å². The second-order valence-electron chi connectivity index (χ2n) is 7.24. The van der Waals surface area contributed by atoms with Gasteiger partial charge in [-0.3, -0.25) is 14.6 Å². The van der Waals surface area contributed by atoms with Crippen LogP contribution in [0.3, 0.4) is 0 Å². The van der Waals surface area contributed by atoms with Crippen molar-refractivity contribution in [2.24, 2.45) is 0 Å². The maximum absolute atomic E-state index is 12.1. The normalized spacial score (nSPS) is 15.9. The maximum atomic E-state index is 12.1. The Morgan fingerprint density at radius 1 is 0.667 bits per heavy atom. The highest BCUT2D eigenvalue weighted by atomic mass is 16.5. The molecule has 0 spiro atoms. The molecule has 11 nitrogen and oxygen atoms in total. The predicted octanol–water partition coefficient (Wildman–Crippen LogP) is 0.790. The second kappa shape index (κ2) is 11.3. The number of aromatic nitrogens is 5. The first-order valence-electron chi connectivity index (χ1n) is 10.7. The largest absolute Gasteiger partial charge is 0.474 e. The van der Waals surface area contributed by atoms with Crippen molar-refractivity contribution in [2.75, 3.05) is 26.4 Å². The molecule has 4 heterocycles. The van der Waals surface area contributed by atoms with Crippen LogP contribution in [0.15, 0.2) is 52.1 Å². The Morgan fingerprint density at radius 3 is 1.70 bits per heavy atom. The lowest BCUT2D eigenvalue weighted by Crippen LogP contribution is -2.26. The standard InChI is InChI=1S/C22H25N5O6/c28-21-7-5-19-24-26(21)9-2-10-27-22(29)8-6-20(25-27)33-14-12-31-16-18-4-1-3-17(23-18)15-30-11-13-32-19/h1,3-8H,2,9-16H2. The molecule has 0 saturated carbocycles. The Hall–Kier alpha value is -3.57. The first kappa shape index (κ1) is 22.6. The summed E-state index contributed by atoms with van der Waals surface area (Å²) in [5.74, 6) is 0.645. The molecule has 0 saturated heterocycles. The van der Waals surface area contributed by atoms with Gasteiger partial charge in [-0.25, -0.2) is 9.36 Å². The van der Waals surface area contributed by atoms with Gasteiger partial charge in [-0.05, 0) is 18.6 Å². The Bertz CT molecular complexity index is 1090. The number of pyridine rings is 1. The van der Waals surface area contributed by atoms with Crippen molar-refractivity contribution >= 4 is 0 Å². The Labute approximate surface area is 189 Å². The molecule has 6 bridgehead atoms. The smallest absolute Gasteiger partial charge is 0.266 e. The van der Waals surface area contributed by atoms with Crippen LogP contribution in [-0.2, 0) is 35.8 Å². The number of aryl methyl sites for hydroxylation is 2. The van der Waals surface area contributed by atoms with Gasteiger partial charge in [0, 0.05) is 37.4 Å². The molecule has 0 N–H and O–H groups in total. The molecular formula is C22H25N5O6. The van der Waals surface area contributed by atoms with E-state index in [4.69, 9.17) is 18.9 Å². The van der Waals surface area contributed by atoms with E-state index in [0.717, 1.165) is 11.4 Å². The molecule has 0 radical (unpaired) electrons. The Kier molecular flexibility index (Phi) is 7.77. The van der Waals surface area contributed by atoms with Crippen molar-refractivity contribution in [1.29, 1.82) is 0 Å². The van der Waals surface area contributed by atoms with Crippen molar-refractivity contribution in [3.8, 4) is 11.8 Å². The van der Waals surface area contributed by atoms with Gasteiger partial charge in [0.1, 0.15) is 13.2 Å². The zero-order valence-electron chi connectivity index (χ0n) is 18.1. The van der Waals surface area contributed by atoms with Crippen molar-refractivity contribution in [2.45, 2.75) is 32.7 Å². The second-order valence-corrected chi connectivity index (χ2v) is 7.24. The summed E-state index contributed by atoms with van der Waals surface area (Å²) in [4.78, 5) is 28.7. The Balaban J connectivity index is 1.47. The van der Waals surface area contributed by atoms with Crippen LogP contribution in [0.5, 0.6) is 11.8 Å². The molecule has 0 unspecified atom stereocenters. The third kappa shape index (κ3) is 6.70. The number of rotatable bonds is 0. The lowest BCUT2D eigenvalue weighted by atomic mass is 10.3. The van der Waals surface area contributed by atoms with Gasteiger partial charge in [0.2, 0.25) is 11.8 Å². The summed E-state index contributed by atoms with van der Waals surface area (Å²) in [5, 5.41) is 8.45. The fourth-order valence-corrected chi connectivity index (χ4v) is 3.16. The monoisotopic (exact) mass is 455 g/mol. The summed E-state index contributed by atoms with van der Waals surface area (Å²) < 4.78 is 25.1. The molecule has 1 aliphatic heterocycles. The first-order chi connectivity index (χ1) is 16.2. The number of fused-ring (bicyclic) bond motifs is 6. The van der Waals surface area contributed by atoms with Crippen molar-refractivity contribution < 1.29 is 18.9 Å². The first-order valence-corrected chi connectivity index (χ1v) is 10.7. The molecule has 0 atom stereocenters. The molecule has 11 heteroatoms. The summed E-state index contributed by atoms with van der Waals surface area (Å²) >= 11 is 0. The Morgan fingerprint density at radius 2 is 1.18 bits per heavy atom. The predicted molar refractivity (Wildman–Crippen MR) is 116 cm³/mol. The van der Waals surface area contributed by atoms with Gasteiger partial charge in [0.15, 0.2) is 0 Å². The van der Waals surface area contributed by atoms with E-state index in [1.807, 2.05) is 18.2 Å². The summed E-state index contributed by atoms with van der Waals surface area (Å²) in [6.07, 6.45) is 0.476. The lowest BCUT2D eigenvalue weighted by Gasteiger charge is -2.11. The maximum Gasteiger partial charge on any atom is 0.266 e. The minimum absolute atomic E-state index is 0.253. The van der Waals surface area contributed by atoms with Crippen LogP contribution in [0.1, 0.15) is 17.8 Å². The highest BCUT2D eigenvalue weighted by molar-refractivity contribution is 5.10. The van der Waals surface area contributed by atoms with Crippen LogP contribution in [0.2, 0.25) is 0 Å². The van der Waals surface area contributed by atoms with E-state index in [0.29, 0.717) is 57.7 Å². The van der Waals surface area contributed by atoms with Crippen molar-refractivity contribution in [3.63, 3.8) is 0 Å². The van der Waals surface area contributed by atoms with Crippen molar-refractivity contribution in [3.05, 3.63) is 74.6 Å². The molecule has 174 valence electrons. The van der Waals surface area contributed by atoms with Gasteiger partial charge in [0.05, 0.1) is 37.8 Å². The van der Waals surface area contributed by atoms with Gasteiger partial charge < -0.3 is 18.9 Å². The molecule has 33 heavy (non-hydrogen) atoms. The minimum atomic E-state index is -0.253. The number of hydrogen-bond donors (Lipinski definition) is 0. The van der Waals surface area contributed by atoms with E-state index in [2.05, 4.69) is 15.2 Å². The zero-order chi connectivity index (χ0) is 22.9. The fraction of sp³-hybridized carbons (Fsp3) is 0.409. The van der Waals surface area contributed by atoms with E-state index in [1.54, 1.807) is 0 Å². The fourth-order valence-electron chi connectivity index (χ4n) is 3.16. The molecular weight excluding hydrogens is 430 g/mol. The average molecular weight is 455 g/mol. The summed E-state index contributed by atoms with van der Waals surface area (Å²) in [7, 11) is 0. The van der Waals surface area contributed by atoms with Crippen LogP contribution in [0, 0.1) is 0 Å². The average Bonchev–Trinajstić information content (AvgIpc) is 2.82. The van der Waals surface area contributed by atoms with E-state index in [9.17, 15) is 9.59 Å². The van der Waals surface area contributed by atoms with E-state index < -0.39 is 0 Å². The molecule has 0 aliphatic carbocycles. The van der Waals surface area contributed by atoms with Crippen LogP contribution in [0.4, 0.5) is 0 Å². The molecule has 3 aromatic rings. The van der Waals surface area contributed by atoms with Gasteiger partial charge in [-0.15, -0.1) is 10.2 Å². The van der Waals surface area contributed by atoms with Crippen LogP contribution < -0.4 is 20.6 Å². The number of nitrogens with zero attached hydrogens (tertiary/aromatic N) is 5. The zero-order valence-corrected chi connectivity index (χ0v) is 18.1. The summed E-state index contributed by atoms with van der Waals surface area (Å²) in [6.45, 7) is 2.53. The van der Waals surface area contributed by atoms with Gasteiger partial charge >= 0.3 is 0 Å².